The van der Waals surface area contributed by atoms with E-state index in [9.17, 15) is 0 Å². The van der Waals surface area contributed by atoms with Crippen LogP contribution in [0.5, 0.6) is 0 Å². The zero-order chi connectivity index (χ0) is 10.1. The molecule has 0 aromatic carbocycles. The fourth-order valence-electron chi connectivity index (χ4n) is 1.48. The first-order valence-electron chi connectivity index (χ1n) is 5.55. The monoisotopic (exact) mass is 183 g/mol. The van der Waals surface area contributed by atoms with Crippen LogP contribution in [0.15, 0.2) is 12.7 Å². The molecule has 0 saturated heterocycles. The van der Waals surface area contributed by atoms with E-state index in [1.54, 1.807) is 0 Å². The van der Waals surface area contributed by atoms with Gasteiger partial charge in [-0.2, -0.15) is 0 Å². The van der Waals surface area contributed by atoms with E-state index in [1.165, 1.54) is 25.7 Å². The lowest BCUT2D eigenvalue weighted by Crippen LogP contribution is -2.29. The van der Waals surface area contributed by atoms with Gasteiger partial charge in [0.2, 0.25) is 0 Å². The van der Waals surface area contributed by atoms with Gasteiger partial charge in [0.1, 0.15) is 0 Å². The van der Waals surface area contributed by atoms with Gasteiger partial charge in [-0.1, -0.05) is 33.3 Å². The Morgan fingerprint density at radius 1 is 1.23 bits per heavy atom. The predicted octanol–water partition coefficient (Wildman–Crippen LogP) is 3.37. The van der Waals surface area contributed by atoms with Crippen molar-refractivity contribution in [3.05, 3.63) is 12.7 Å². The highest BCUT2D eigenvalue weighted by molar-refractivity contribution is 4.75. The molecule has 0 rings (SSSR count). The van der Waals surface area contributed by atoms with E-state index < -0.39 is 0 Å². The van der Waals surface area contributed by atoms with Crippen LogP contribution in [0.2, 0.25) is 0 Å². The van der Waals surface area contributed by atoms with E-state index in [2.05, 4.69) is 32.7 Å². The Balaban J connectivity index is 3.59. The average Bonchev–Trinajstić information content (AvgIpc) is 2.09. The van der Waals surface area contributed by atoms with Gasteiger partial charge in [0.15, 0.2) is 0 Å². The molecule has 1 atom stereocenters. The third-order valence-electron chi connectivity index (χ3n) is 2.28. The summed E-state index contributed by atoms with van der Waals surface area (Å²) in [7, 11) is 0. The minimum atomic E-state index is 0.699. The molecule has 0 heterocycles. The van der Waals surface area contributed by atoms with Crippen LogP contribution in [-0.2, 0) is 0 Å². The van der Waals surface area contributed by atoms with Crippen molar-refractivity contribution >= 4 is 0 Å². The van der Waals surface area contributed by atoms with Crippen LogP contribution >= 0.6 is 0 Å². The lowest BCUT2D eigenvalue weighted by molar-refractivity contribution is 0.420. The molecule has 0 aromatic heterocycles. The van der Waals surface area contributed by atoms with Crippen molar-refractivity contribution in [1.82, 2.24) is 5.32 Å². The molecule has 13 heavy (non-hydrogen) atoms. The van der Waals surface area contributed by atoms with Crippen LogP contribution in [0, 0.1) is 5.92 Å². The average molecular weight is 183 g/mol. The fourth-order valence-corrected chi connectivity index (χ4v) is 1.48. The first-order valence-corrected chi connectivity index (χ1v) is 5.55. The smallest absolute Gasteiger partial charge is 0.0134 e. The van der Waals surface area contributed by atoms with Crippen molar-refractivity contribution in [2.24, 2.45) is 5.92 Å². The van der Waals surface area contributed by atoms with Crippen molar-refractivity contribution in [1.29, 1.82) is 0 Å². The Bertz CT molecular complexity index is 118. The largest absolute Gasteiger partial charge is 0.311 e. The molecule has 0 saturated carbocycles. The van der Waals surface area contributed by atoms with Gasteiger partial charge in [0, 0.05) is 12.6 Å². The summed E-state index contributed by atoms with van der Waals surface area (Å²) < 4.78 is 0. The second-order valence-corrected chi connectivity index (χ2v) is 4.15. The highest BCUT2D eigenvalue weighted by atomic mass is 14.9. The minimum absolute atomic E-state index is 0.699. The first kappa shape index (κ1) is 12.7. The van der Waals surface area contributed by atoms with E-state index in [-0.39, 0.29) is 0 Å². The van der Waals surface area contributed by atoms with Gasteiger partial charge in [0.25, 0.3) is 0 Å². The highest BCUT2D eigenvalue weighted by Crippen LogP contribution is 2.10. The summed E-state index contributed by atoms with van der Waals surface area (Å²) in [6.45, 7) is 11.5. The minimum Gasteiger partial charge on any atom is -0.311 e. The third kappa shape index (κ3) is 8.04. The summed E-state index contributed by atoms with van der Waals surface area (Å²) in [6.07, 6.45) is 7.14. The van der Waals surface area contributed by atoms with Gasteiger partial charge in [-0.3, -0.25) is 0 Å². The maximum absolute atomic E-state index is 3.73. The quantitative estimate of drug-likeness (QED) is 0.569. The zero-order valence-corrected chi connectivity index (χ0v) is 9.47. The molecule has 0 fully saturated rings. The number of hydrogen-bond acceptors (Lipinski definition) is 1. The van der Waals surface area contributed by atoms with Crippen LogP contribution in [0.1, 0.15) is 46.5 Å². The van der Waals surface area contributed by atoms with Gasteiger partial charge in [-0.25, -0.2) is 0 Å². The molecule has 0 amide bonds. The molecule has 0 radical (unpaired) electrons. The Morgan fingerprint density at radius 3 is 2.38 bits per heavy atom. The zero-order valence-electron chi connectivity index (χ0n) is 9.47. The maximum Gasteiger partial charge on any atom is 0.0134 e. The molecule has 0 spiro atoms. The molecule has 0 aliphatic carbocycles. The molecule has 1 heteroatoms. The molecule has 1 nitrogen and oxygen atoms in total. The predicted molar refractivity (Wildman–Crippen MR) is 61.0 cm³/mol. The molecular weight excluding hydrogens is 158 g/mol. The summed E-state index contributed by atoms with van der Waals surface area (Å²) in [5, 5.41) is 3.51. The van der Waals surface area contributed by atoms with E-state index in [4.69, 9.17) is 0 Å². The summed E-state index contributed by atoms with van der Waals surface area (Å²) in [5.41, 5.74) is 0. The summed E-state index contributed by atoms with van der Waals surface area (Å²) in [5.74, 6) is 0.824. The lowest BCUT2D eigenvalue weighted by Gasteiger charge is -2.18. The molecule has 1 N–H and O–H groups in total. The van der Waals surface area contributed by atoms with Crippen molar-refractivity contribution in [2.75, 3.05) is 6.54 Å². The van der Waals surface area contributed by atoms with Gasteiger partial charge < -0.3 is 5.32 Å². The van der Waals surface area contributed by atoms with Crippen LogP contribution < -0.4 is 5.32 Å². The Morgan fingerprint density at radius 2 is 1.92 bits per heavy atom. The van der Waals surface area contributed by atoms with Crippen molar-refractivity contribution < 1.29 is 0 Å². The summed E-state index contributed by atoms with van der Waals surface area (Å²) in [4.78, 5) is 0. The SMILES string of the molecule is C=CCNC(CCC)CCC(C)C. The van der Waals surface area contributed by atoms with Crippen molar-refractivity contribution in [3.8, 4) is 0 Å². The second-order valence-electron chi connectivity index (χ2n) is 4.15. The third-order valence-corrected chi connectivity index (χ3v) is 2.28. The molecule has 0 aromatic rings. The van der Waals surface area contributed by atoms with Crippen LogP contribution in [-0.4, -0.2) is 12.6 Å². The Hall–Kier alpha value is -0.300. The molecule has 78 valence electrons. The van der Waals surface area contributed by atoms with Gasteiger partial charge in [-0.15, -0.1) is 6.58 Å². The van der Waals surface area contributed by atoms with Gasteiger partial charge >= 0.3 is 0 Å². The number of hydrogen-bond donors (Lipinski definition) is 1. The van der Waals surface area contributed by atoms with Crippen LogP contribution in [0.3, 0.4) is 0 Å². The van der Waals surface area contributed by atoms with Gasteiger partial charge in [-0.05, 0) is 25.2 Å². The molecule has 1 unspecified atom stereocenters. The number of rotatable bonds is 8. The topological polar surface area (TPSA) is 12.0 Å². The second kappa shape index (κ2) is 8.31. The van der Waals surface area contributed by atoms with E-state index in [0.717, 1.165) is 12.5 Å². The van der Waals surface area contributed by atoms with Gasteiger partial charge in [0.05, 0.1) is 0 Å². The van der Waals surface area contributed by atoms with Crippen molar-refractivity contribution in [2.45, 2.75) is 52.5 Å². The maximum atomic E-state index is 3.73. The van der Waals surface area contributed by atoms with E-state index in [0.29, 0.717) is 6.04 Å². The fraction of sp³-hybridized carbons (Fsp3) is 0.833. The molecule has 0 aliphatic rings. The van der Waals surface area contributed by atoms with E-state index in [1.807, 2.05) is 6.08 Å². The Labute approximate surface area is 83.6 Å². The lowest BCUT2D eigenvalue weighted by atomic mass is 10.0. The standard InChI is InChI=1S/C12H25N/c1-5-7-12(13-10-6-2)9-8-11(3)4/h6,11-13H,2,5,7-10H2,1,3-4H3. The molecular formula is C12H25N. The highest BCUT2D eigenvalue weighted by Gasteiger charge is 2.06. The summed E-state index contributed by atoms with van der Waals surface area (Å²) in [6, 6.07) is 0.699. The van der Waals surface area contributed by atoms with Crippen molar-refractivity contribution in [3.63, 3.8) is 0 Å². The first-order chi connectivity index (χ1) is 6.20. The van der Waals surface area contributed by atoms with Crippen LogP contribution in [0.4, 0.5) is 0 Å². The normalized spacial score (nSPS) is 13.2. The molecule has 0 aliphatic heterocycles. The van der Waals surface area contributed by atoms with E-state index >= 15 is 0 Å². The van der Waals surface area contributed by atoms with Crippen LogP contribution in [0.25, 0.3) is 0 Å². The summed E-state index contributed by atoms with van der Waals surface area (Å²) >= 11 is 0. The Kier molecular flexibility index (Phi) is 8.11. The number of nitrogens with one attached hydrogen (secondary N) is 1. The molecule has 0 bridgehead atoms.